The van der Waals surface area contributed by atoms with Gasteiger partial charge in [-0.25, -0.2) is 0 Å². The van der Waals surface area contributed by atoms with Gasteiger partial charge in [0.25, 0.3) is 0 Å². The minimum Gasteiger partial charge on any atom is -0.378 e. The lowest BCUT2D eigenvalue weighted by atomic mass is 10.1. The molecule has 0 aromatic carbocycles. The SMILES string of the molecule is CC(C)NCCc1nnc(CCC2CCCO2)s1. The number of nitrogens with one attached hydrogen (secondary N) is 1. The lowest BCUT2D eigenvalue weighted by Crippen LogP contribution is -2.24. The van der Waals surface area contributed by atoms with Crippen molar-refractivity contribution in [2.24, 2.45) is 0 Å². The van der Waals surface area contributed by atoms with Crippen molar-refractivity contribution in [2.75, 3.05) is 13.2 Å². The summed E-state index contributed by atoms with van der Waals surface area (Å²) in [5.74, 6) is 0. The minimum atomic E-state index is 0.458. The smallest absolute Gasteiger partial charge is 0.118 e. The van der Waals surface area contributed by atoms with Crippen molar-refractivity contribution < 1.29 is 4.74 Å². The van der Waals surface area contributed by atoms with Gasteiger partial charge in [0.15, 0.2) is 0 Å². The number of ether oxygens (including phenoxy) is 1. The number of hydrogen-bond donors (Lipinski definition) is 1. The van der Waals surface area contributed by atoms with Crippen LogP contribution in [0.5, 0.6) is 0 Å². The van der Waals surface area contributed by atoms with Gasteiger partial charge in [-0.3, -0.25) is 0 Å². The van der Waals surface area contributed by atoms with E-state index in [2.05, 4.69) is 29.4 Å². The van der Waals surface area contributed by atoms with Gasteiger partial charge < -0.3 is 10.1 Å². The van der Waals surface area contributed by atoms with Crippen molar-refractivity contribution in [3.05, 3.63) is 10.0 Å². The third-order valence-corrected chi connectivity index (χ3v) is 4.15. The van der Waals surface area contributed by atoms with Crippen molar-refractivity contribution in [1.82, 2.24) is 15.5 Å². The van der Waals surface area contributed by atoms with Crippen molar-refractivity contribution in [1.29, 1.82) is 0 Å². The fourth-order valence-corrected chi connectivity index (χ4v) is 2.97. The standard InChI is InChI=1S/C13H23N3OS/c1-10(2)14-8-7-13-16-15-12(18-13)6-5-11-4-3-9-17-11/h10-11,14H,3-9H2,1-2H3. The van der Waals surface area contributed by atoms with E-state index in [1.165, 1.54) is 12.8 Å². The Morgan fingerprint density at radius 3 is 2.78 bits per heavy atom. The van der Waals surface area contributed by atoms with Gasteiger partial charge in [0, 0.05) is 32.0 Å². The number of aryl methyl sites for hydroxylation is 1. The molecule has 0 bridgehead atoms. The van der Waals surface area contributed by atoms with E-state index >= 15 is 0 Å². The van der Waals surface area contributed by atoms with Gasteiger partial charge in [-0.15, -0.1) is 21.5 Å². The molecule has 1 fully saturated rings. The van der Waals surface area contributed by atoms with E-state index in [4.69, 9.17) is 4.74 Å². The Hall–Kier alpha value is -0.520. The van der Waals surface area contributed by atoms with E-state index in [0.29, 0.717) is 12.1 Å². The molecular formula is C13H23N3OS. The molecule has 2 heterocycles. The molecule has 4 nitrogen and oxygen atoms in total. The van der Waals surface area contributed by atoms with Crippen molar-refractivity contribution in [3.63, 3.8) is 0 Å². The van der Waals surface area contributed by atoms with Crippen molar-refractivity contribution in [2.45, 2.75) is 58.1 Å². The Labute approximate surface area is 113 Å². The highest BCUT2D eigenvalue weighted by Crippen LogP contribution is 2.19. The monoisotopic (exact) mass is 269 g/mol. The maximum Gasteiger partial charge on any atom is 0.118 e. The van der Waals surface area contributed by atoms with Gasteiger partial charge in [0.2, 0.25) is 0 Å². The van der Waals surface area contributed by atoms with Crippen LogP contribution in [0.15, 0.2) is 0 Å². The number of rotatable bonds is 7. The molecule has 0 spiro atoms. The second-order valence-corrected chi connectivity index (χ2v) is 6.27. The van der Waals surface area contributed by atoms with Crippen LogP contribution in [-0.2, 0) is 17.6 Å². The first-order valence-corrected chi connectivity index (χ1v) is 7.72. The summed E-state index contributed by atoms with van der Waals surface area (Å²) in [7, 11) is 0. The maximum absolute atomic E-state index is 5.62. The molecule has 1 atom stereocenters. The van der Waals surface area contributed by atoms with Crippen LogP contribution in [0.25, 0.3) is 0 Å². The summed E-state index contributed by atoms with van der Waals surface area (Å²) >= 11 is 1.75. The number of nitrogens with zero attached hydrogens (tertiary/aromatic N) is 2. The largest absolute Gasteiger partial charge is 0.378 e. The summed E-state index contributed by atoms with van der Waals surface area (Å²) in [5.41, 5.74) is 0. The zero-order chi connectivity index (χ0) is 12.8. The predicted octanol–water partition coefficient (Wildman–Crippen LogP) is 2.19. The van der Waals surface area contributed by atoms with Crippen LogP contribution in [0, 0.1) is 0 Å². The predicted molar refractivity (Wildman–Crippen MR) is 74.0 cm³/mol. The molecule has 2 rings (SSSR count). The van der Waals surface area contributed by atoms with Gasteiger partial charge in [-0.05, 0) is 19.3 Å². The summed E-state index contributed by atoms with van der Waals surface area (Å²) in [5, 5.41) is 14.2. The fourth-order valence-electron chi connectivity index (χ4n) is 2.11. The highest BCUT2D eigenvalue weighted by atomic mass is 32.1. The van der Waals surface area contributed by atoms with E-state index in [-0.39, 0.29) is 0 Å². The zero-order valence-corrected chi connectivity index (χ0v) is 12.1. The molecule has 0 radical (unpaired) electrons. The van der Waals surface area contributed by atoms with Gasteiger partial charge in [-0.1, -0.05) is 13.8 Å². The number of aromatic nitrogens is 2. The van der Waals surface area contributed by atoms with Crippen molar-refractivity contribution in [3.8, 4) is 0 Å². The van der Waals surface area contributed by atoms with Crippen LogP contribution in [0.1, 0.15) is 43.1 Å². The molecular weight excluding hydrogens is 246 g/mol. The molecule has 0 amide bonds. The third kappa shape index (κ3) is 4.63. The fraction of sp³-hybridized carbons (Fsp3) is 0.846. The molecule has 1 unspecified atom stereocenters. The van der Waals surface area contributed by atoms with Gasteiger partial charge >= 0.3 is 0 Å². The van der Waals surface area contributed by atoms with Crippen LogP contribution < -0.4 is 5.32 Å². The molecule has 18 heavy (non-hydrogen) atoms. The van der Waals surface area contributed by atoms with Gasteiger partial charge in [-0.2, -0.15) is 0 Å². The molecule has 1 aromatic rings. The normalized spacial score (nSPS) is 19.8. The number of hydrogen-bond acceptors (Lipinski definition) is 5. The lowest BCUT2D eigenvalue weighted by molar-refractivity contribution is 0.104. The quantitative estimate of drug-likeness (QED) is 0.824. The summed E-state index contributed by atoms with van der Waals surface area (Å²) in [4.78, 5) is 0. The highest BCUT2D eigenvalue weighted by molar-refractivity contribution is 7.11. The summed E-state index contributed by atoms with van der Waals surface area (Å²) in [6.07, 6.45) is 5.98. The topological polar surface area (TPSA) is 47.0 Å². The first kappa shape index (κ1) is 13.9. The van der Waals surface area contributed by atoms with E-state index < -0.39 is 0 Å². The van der Waals surface area contributed by atoms with E-state index in [9.17, 15) is 0 Å². The molecule has 0 aliphatic carbocycles. The van der Waals surface area contributed by atoms with E-state index in [1.54, 1.807) is 11.3 Å². The van der Waals surface area contributed by atoms with Crippen LogP contribution in [0.4, 0.5) is 0 Å². The molecule has 1 aliphatic rings. The van der Waals surface area contributed by atoms with Gasteiger partial charge in [0.1, 0.15) is 10.0 Å². The Kier molecular flexibility index (Phi) is 5.53. The zero-order valence-electron chi connectivity index (χ0n) is 11.3. The maximum atomic E-state index is 5.62. The second-order valence-electron chi connectivity index (χ2n) is 5.12. The first-order chi connectivity index (χ1) is 8.74. The van der Waals surface area contributed by atoms with E-state index in [1.807, 2.05) is 0 Å². The Bertz CT molecular complexity index is 348. The summed E-state index contributed by atoms with van der Waals surface area (Å²) < 4.78 is 5.62. The van der Waals surface area contributed by atoms with Crippen LogP contribution in [0.3, 0.4) is 0 Å². The van der Waals surface area contributed by atoms with Crippen LogP contribution in [-0.4, -0.2) is 35.5 Å². The summed E-state index contributed by atoms with van der Waals surface area (Å²) in [6.45, 7) is 6.24. The Morgan fingerprint density at radius 1 is 1.33 bits per heavy atom. The van der Waals surface area contributed by atoms with Gasteiger partial charge in [0.05, 0.1) is 6.10 Å². The molecule has 1 aliphatic heterocycles. The Morgan fingerprint density at radius 2 is 2.11 bits per heavy atom. The summed E-state index contributed by atoms with van der Waals surface area (Å²) in [6, 6.07) is 0.539. The Balaban J connectivity index is 1.68. The minimum absolute atomic E-state index is 0.458. The van der Waals surface area contributed by atoms with Crippen LogP contribution in [0.2, 0.25) is 0 Å². The lowest BCUT2D eigenvalue weighted by Gasteiger charge is -2.06. The molecule has 102 valence electrons. The molecule has 1 saturated heterocycles. The average molecular weight is 269 g/mol. The highest BCUT2D eigenvalue weighted by Gasteiger charge is 2.16. The molecule has 0 saturated carbocycles. The third-order valence-electron chi connectivity index (χ3n) is 3.10. The van der Waals surface area contributed by atoms with E-state index in [0.717, 1.165) is 42.4 Å². The second kappa shape index (κ2) is 7.16. The molecule has 1 aromatic heterocycles. The van der Waals surface area contributed by atoms with Crippen molar-refractivity contribution >= 4 is 11.3 Å². The van der Waals surface area contributed by atoms with Crippen LogP contribution >= 0.6 is 11.3 Å². The first-order valence-electron chi connectivity index (χ1n) is 6.90. The average Bonchev–Trinajstić information content (AvgIpc) is 2.96. The molecule has 5 heteroatoms. The molecule has 1 N–H and O–H groups in total.